The molecule has 2 aromatic heterocycles. The van der Waals surface area contributed by atoms with Gasteiger partial charge in [-0.05, 0) is 25.5 Å². The van der Waals surface area contributed by atoms with Crippen molar-refractivity contribution in [1.29, 1.82) is 0 Å². The zero-order valence-corrected chi connectivity index (χ0v) is 14.5. The molecule has 1 amide bonds. The molecule has 114 valence electrons. The molecule has 22 heavy (non-hydrogen) atoms. The summed E-state index contributed by atoms with van der Waals surface area (Å²) in [7, 11) is 0. The molecule has 5 nitrogen and oxygen atoms in total. The van der Waals surface area contributed by atoms with Crippen molar-refractivity contribution in [3.05, 3.63) is 29.3 Å². The highest BCUT2D eigenvalue weighted by Gasteiger charge is 2.21. The van der Waals surface area contributed by atoms with Gasteiger partial charge in [0.1, 0.15) is 5.01 Å². The number of nitrogens with zero attached hydrogens (tertiary/aromatic N) is 3. The topological polar surface area (TPSA) is 67.8 Å². The summed E-state index contributed by atoms with van der Waals surface area (Å²) < 4.78 is 2.05. The molecule has 0 saturated heterocycles. The molecule has 0 aliphatic heterocycles. The number of benzene rings is 1. The van der Waals surface area contributed by atoms with Crippen LogP contribution >= 0.6 is 34.4 Å². The van der Waals surface area contributed by atoms with Crippen LogP contribution in [0.3, 0.4) is 0 Å². The molecule has 0 saturated carbocycles. The van der Waals surface area contributed by atoms with Crippen molar-refractivity contribution in [3.8, 4) is 0 Å². The van der Waals surface area contributed by atoms with Crippen molar-refractivity contribution in [2.24, 2.45) is 0 Å². The number of nitrogens with one attached hydrogen (secondary N) is 1. The molecule has 8 heteroatoms. The van der Waals surface area contributed by atoms with Gasteiger partial charge >= 0.3 is 0 Å². The molecule has 2 heterocycles. The van der Waals surface area contributed by atoms with Gasteiger partial charge < -0.3 is 0 Å². The second-order valence-electron chi connectivity index (χ2n) is 4.58. The van der Waals surface area contributed by atoms with E-state index in [2.05, 4.69) is 20.5 Å². The van der Waals surface area contributed by atoms with Gasteiger partial charge in [0, 0.05) is 0 Å². The Morgan fingerprint density at radius 2 is 2.14 bits per heavy atom. The van der Waals surface area contributed by atoms with Crippen molar-refractivity contribution < 1.29 is 4.79 Å². The first kappa shape index (κ1) is 15.4. The van der Waals surface area contributed by atoms with E-state index in [0.717, 1.165) is 26.0 Å². The van der Waals surface area contributed by atoms with Crippen LogP contribution in [0.15, 0.2) is 28.6 Å². The third-order valence-electron chi connectivity index (χ3n) is 2.94. The standard InChI is InChI=1S/C14H14N4OS3/c1-3-10(12(19)16-13-18-17-8(2)20-13)21-14-15-9-6-4-5-7-11(9)22-14/h4-7,10H,3H2,1-2H3,(H,16,18,19)/t10-/m1/s1. The molecule has 0 aliphatic rings. The molecule has 1 atom stereocenters. The Kier molecular flexibility index (Phi) is 4.70. The Morgan fingerprint density at radius 3 is 2.82 bits per heavy atom. The summed E-state index contributed by atoms with van der Waals surface area (Å²) in [4.78, 5) is 16.9. The van der Waals surface area contributed by atoms with Crippen LogP contribution in [0.4, 0.5) is 5.13 Å². The van der Waals surface area contributed by atoms with Crippen LogP contribution in [0.1, 0.15) is 18.4 Å². The van der Waals surface area contributed by atoms with Crippen LogP contribution < -0.4 is 5.32 Å². The quantitative estimate of drug-likeness (QED) is 0.705. The molecule has 0 aliphatic carbocycles. The zero-order chi connectivity index (χ0) is 15.5. The lowest BCUT2D eigenvalue weighted by Gasteiger charge is -2.11. The van der Waals surface area contributed by atoms with Gasteiger partial charge in [-0.3, -0.25) is 10.1 Å². The van der Waals surface area contributed by atoms with E-state index >= 15 is 0 Å². The summed E-state index contributed by atoms with van der Waals surface area (Å²) in [5, 5.41) is 11.9. The number of aromatic nitrogens is 3. The normalized spacial score (nSPS) is 12.5. The molecule has 1 N–H and O–H groups in total. The molecule has 0 radical (unpaired) electrons. The van der Waals surface area contributed by atoms with Crippen molar-refractivity contribution in [2.45, 2.75) is 29.9 Å². The number of carbonyl (C=O) groups excluding carboxylic acids is 1. The molecule has 1 aromatic carbocycles. The van der Waals surface area contributed by atoms with Gasteiger partial charge in [-0.1, -0.05) is 42.2 Å². The van der Waals surface area contributed by atoms with Crippen LogP contribution in [0.25, 0.3) is 10.2 Å². The molecule has 0 unspecified atom stereocenters. The number of thiazole rings is 1. The highest BCUT2D eigenvalue weighted by Crippen LogP contribution is 2.33. The Bertz CT molecular complexity index is 765. The predicted octanol–water partition coefficient (Wildman–Crippen LogP) is 3.97. The predicted molar refractivity (Wildman–Crippen MR) is 92.8 cm³/mol. The van der Waals surface area contributed by atoms with E-state index in [1.807, 2.05) is 38.1 Å². The van der Waals surface area contributed by atoms with Gasteiger partial charge in [0.25, 0.3) is 0 Å². The van der Waals surface area contributed by atoms with Crippen LogP contribution in [-0.2, 0) is 4.79 Å². The van der Waals surface area contributed by atoms with Gasteiger partial charge in [-0.2, -0.15) is 0 Å². The van der Waals surface area contributed by atoms with Crippen LogP contribution in [0.5, 0.6) is 0 Å². The first-order valence-electron chi connectivity index (χ1n) is 6.79. The lowest BCUT2D eigenvalue weighted by molar-refractivity contribution is -0.115. The number of rotatable bonds is 5. The third kappa shape index (κ3) is 3.45. The smallest absolute Gasteiger partial charge is 0.239 e. The minimum Gasteiger partial charge on any atom is -0.300 e. The Labute approximate surface area is 140 Å². The first-order valence-corrected chi connectivity index (χ1v) is 9.30. The number of hydrogen-bond donors (Lipinski definition) is 1. The third-order valence-corrected chi connectivity index (χ3v) is 6.19. The van der Waals surface area contributed by atoms with E-state index < -0.39 is 0 Å². The molecule has 0 spiro atoms. The van der Waals surface area contributed by atoms with Gasteiger partial charge in [0.15, 0.2) is 4.34 Å². The van der Waals surface area contributed by atoms with Crippen molar-refractivity contribution in [3.63, 3.8) is 0 Å². The van der Waals surface area contributed by atoms with Gasteiger partial charge in [0.05, 0.1) is 15.5 Å². The number of aryl methyl sites for hydroxylation is 1. The van der Waals surface area contributed by atoms with Crippen molar-refractivity contribution in [1.82, 2.24) is 15.2 Å². The molecular formula is C14H14N4OS3. The molecule has 0 bridgehead atoms. The number of carbonyl (C=O) groups is 1. The number of anilines is 1. The van der Waals surface area contributed by atoms with E-state index in [0.29, 0.717) is 5.13 Å². The van der Waals surface area contributed by atoms with Crippen molar-refractivity contribution in [2.75, 3.05) is 5.32 Å². The van der Waals surface area contributed by atoms with E-state index in [1.54, 1.807) is 11.3 Å². The number of fused-ring (bicyclic) bond motifs is 1. The molecule has 3 rings (SSSR count). The maximum atomic E-state index is 12.4. The summed E-state index contributed by atoms with van der Waals surface area (Å²) in [6.45, 7) is 3.86. The minimum absolute atomic E-state index is 0.0529. The Hall–Kier alpha value is -1.51. The summed E-state index contributed by atoms with van der Waals surface area (Å²) in [5.74, 6) is -0.0529. The van der Waals surface area contributed by atoms with Gasteiger partial charge in [-0.25, -0.2) is 4.98 Å². The lowest BCUT2D eigenvalue weighted by Crippen LogP contribution is -2.24. The number of para-hydroxylation sites is 1. The number of amides is 1. The van der Waals surface area contributed by atoms with E-state index in [1.165, 1.54) is 23.1 Å². The molecule has 3 aromatic rings. The van der Waals surface area contributed by atoms with Crippen LogP contribution in [0.2, 0.25) is 0 Å². The SMILES string of the molecule is CC[C@@H](Sc1nc2ccccc2s1)C(=O)Nc1nnc(C)s1. The lowest BCUT2D eigenvalue weighted by atomic mass is 10.3. The largest absolute Gasteiger partial charge is 0.300 e. The Morgan fingerprint density at radius 1 is 1.32 bits per heavy atom. The second-order valence-corrected chi connectivity index (χ2v) is 8.24. The van der Waals surface area contributed by atoms with E-state index in [9.17, 15) is 4.79 Å². The van der Waals surface area contributed by atoms with Crippen molar-refractivity contribution >= 4 is 55.7 Å². The van der Waals surface area contributed by atoms with Gasteiger partial charge in [0.2, 0.25) is 11.0 Å². The maximum absolute atomic E-state index is 12.4. The number of hydrogen-bond acceptors (Lipinski definition) is 7. The monoisotopic (exact) mass is 350 g/mol. The fourth-order valence-electron chi connectivity index (χ4n) is 1.88. The van der Waals surface area contributed by atoms with E-state index in [-0.39, 0.29) is 11.2 Å². The summed E-state index contributed by atoms with van der Waals surface area (Å²) in [6, 6.07) is 8.00. The summed E-state index contributed by atoms with van der Waals surface area (Å²) in [6.07, 6.45) is 0.726. The Balaban J connectivity index is 1.71. The van der Waals surface area contributed by atoms with E-state index in [4.69, 9.17) is 0 Å². The average Bonchev–Trinajstić information content (AvgIpc) is 3.10. The fraction of sp³-hybridized carbons (Fsp3) is 0.286. The minimum atomic E-state index is -0.190. The average molecular weight is 350 g/mol. The molecular weight excluding hydrogens is 336 g/mol. The summed E-state index contributed by atoms with van der Waals surface area (Å²) >= 11 is 4.49. The highest BCUT2D eigenvalue weighted by molar-refractivity contribution is 8.02. The van der Waals surface area contributed by atoms with Gasteiger partial charge in [-0.15, -0.1) is 21.5 Å². The van der Waals surface area contributed by atoms with Crippen LogP contribution in [0, 0.1) is 6.92 Å². The van der Waals surface area contributed by atoms with Crippen LogP contribution in [-0.4, -0.2) is 26.3 Å². The first-order chi connectivity index (χ1) is 10.7. The second kappa shape index (κ2) is 6.72. The highest BCUT2D eigenvalue weighted by atomic mass is 32.2. The fourth-order valence-corrected chi connectivity index (χ4v) is 4.71. The maximum Gasteiger partial charge on any atom is 0.239 e. The summed E-state index contributed by atoms with van der Waals surface area (Å²) in [5.41, 5.74) is 0.977. The number of thioether (sulfide) groups is 1. The molecule has 0 fully saturated rings. The zero-order valence-electron chi connectivity index (χ0n) is 12.1.